The molecule has 0 spiro atoms. The van der Waals surface area contributed by atoms with Crippen LogP contribution in [0.1, 0.15) is 41.7 Å². The number of carbonyl (C=O) groups excluding carboxylic acids is 2. The Morgan fingerprint density at radius 3 is 2.53 bits per heavy atom. The van der Waals surface area contributed by atoms with Crippen LogP contribution in [0.2, 0.25) is 0 Å². The van der Waals surface area contributed by atoms with Crippen LogP contribution in [0.25, 0.3) is 6.08 Å². The van der Waals surface area contributed by atoms with E-state index in [1.54, 1.807) is 11.0 Å². The van der Waals surface area contributed by atoms with Crippen LogP contribution in [-0.4, -0.2) is 47.8 Å². The van der Waals surface area contributed by atoms with E-state index < -0.39 is 0 Å². The number of nitriles is 1. The maximum Gasteiger partial charge on any atom is 0.264 e. The lowest BCUT2D eigenvalue weighted by Gasteiger charge is -2.28. The minimum absolute atomic E-state index is 0.0248. The summed E-state index contributed by atoms with van der Waals surface area (Å²) < 4.78 is 0. The molecule has 1 N–H and O–H groups in total. The number of hydrogen-bond acceptors (Lipinski definition) is 4. The molecule has 0 saturated carbocycles. The average molecular weight is 458 g/mol. The Labute approximate surface area is 202 Å². The zero-order valence-corrected chi connectivity index (χ0v) is 20.3. The fourth-order valence-corrected chi connectivity index (χ4v) is 4.11. The summed E-state index contributed by atoms with van der Waals surface area (Å²) >= 11 is 0. The molecule has 3 rings (SSSR count). The molecule has 2 aromatic rings. The van der Waals surface area contributed by atoms with Gasteiger partial charge in [0.05, 0.1) is 13.1 Å². The Morgan fingerprint density at radius 2 is 1.85 bits per heavy atom. The summed E-state index contributed by atoms with van der Waals surface area (Å²) in [6.07, 6.45) is 3.22. The fourth-order valence-electron chi connectivity index (χ4n) is 4.11. The first-order valence-corrected chi connectivity index (χ1v) is 11.8. The third-order valence-corrected chi connectivity index (χ3v) is 6.12. The monoisotopic (exact) mass is 457 g/mol. The van der Waals surface area contributed by atoms with Crippen LogP contribution in [-0.2, 0) is 29.0 Å². The number of amides is 2. The Bertz CT molecular complexity index is 1080. The number of carbonyl (C=O) groups is 2. The second-order valence-corrected chi connectivity index (χ2v) is 8.60. The van der Waals surface area contributed by atoms with Gasteiger partial charge in [-0.15, -0.1) is 0 Å². The third-order valence-electron chi connectivity index (χ3n) is 6.12. The number of aryl methyl sites for hydroxylation is 1. The molecule has 177 valence electrons. The molecule has 1 aliphatic heterocycles. The van der Waals surface area contributed by atoms with E-state index in [1.165, 1.54) is 11.1 Å². The predicted molar refractivity (Wildman–Crippen MR) is 134 cm³/mol. The van der Waals surface area contributed by atoms with Gasteiger partial charge in [0, 0.05) is 26.2 Å². The first kappa shape index (κ1) is 25.2. The average Bonchev–Trinajstić information content (AvgIpc) is 2.84. The third kappa shape index (κ3) is 6.79. The van der Waals surface area contributed by atoms with Gasteiger partial charge in [0.25, 0.3) is 5.91 Å². The summed E-state index contributed by atoms with van der Waals surface area (Å²) in [7, 11) is 0. The van der Waals surface area contributed by atoms with Crippen molar-refractivity contribution in [3.63, 3.8) is 0 Å². The molecule has 0 unspecified atom stereocenters. The molecule has 1 radical (unpaired) electrons. The van der Waals surface area contributed by atoms with Gasteiger partial charge in [-0.1, -0.05) is 48.0 Å². The second kappa shape index (κ2) is 12.2. The molecular formula is C28H33N4O2. The van der Waals surface area contributed by atoms with Gasteiger partial charge in [-0.25, -0.2) is 0 Å². The maximum atomic E-state index is 12.6. The standard InChI is InChI=1S/C28H33N4O2/c1-4-32(5-2)28(34)25(18-29)16-23-10-11-24-13-15-31(19-26(24)17-23)20-27(33)30-14-12-22-8-6-21(3)7-9-22/h6-11,14,16-17H,4-5,12-13,15,19-20H2,1-3H3,(H,30,33). The van der Waals surface area contributed by atoms with Gasteiger partial charge in [-0.05, 0) is 61.9 Å². The topological polar surface area (TPSA) is 76.4 Å². The number of hydrogen-bond donors (Lipinski definition) is 1. The van der Waals surface area contributed by atoms with Gasteiger partial charge in [0.1, 0.15) is 11.6 Å². The highest BCUT2D eigenvalue weighted by molar-refractivity contribution is 6.01. The highest BCUT2D eigenvalue weighted by atomic mass is 16.2. The van der Waals surface area contributed by atoms with Crippen molar-refractivity contribution in [2.45, 2.75) is 40.2 Å². The predicted octanol–water partition coefficient (Wildman–Crippen LogP) is 3.65. The molecule has 0 aliphatic carbocycles. The fraction of sp³-hybridized carbons (Fsp3) is 0.357. The van der Waals surface area contributed by atoms with Crippen LogP contribution in [0.3, 0.4) is 0 Å². The second-order valence-electron chi connectivity index (χ2n) is 8.60. The van der Waals surface area contributed by atoms with Crippen molar-refractivity contribution in [2.24, 2.45) is 0 Å². The molecule has 6 heteroatoms. The van der Waals surface area contributed by atoms with Crippen LogP contribution < -0.4 is 5.32 Å². The van der Waals surface area contributed by atoms with Crippen molar-refractivity contribution in [1.29, 1.82) is 5.26 Å². The molecule has 0 saturated heterocycles. The van der Waals surface area contributed by atoms with Gasteiger partial charge < -0.3 is 10.2 Å². The minimum atomic E-state index is -0.245. The van der Waals surface area contributed by atoms with Crippen molar-refractivity contribution in [3.05, 3.63) is 82.4 Å². The number of fused-ring (bicyclic) bond motifs is 1. The quantitative estimate of drug-likeness (QED) is 0.461. The summed E-state index contributed by atoms with van der Waals surface area (Å²) in [5, 5.41) is 12.4. The lowest BCUT2D eigenvalue weighted by atomic mass is 9.96. The van der Waals surface area contributed by atoms with E-state index in [-0.39, 0.29) is 17.4 Å². The van der Waals surface area contributed by atoms with E-state index >= 15 is 0 Å². The summed E-state index contributed by atoms with van der Waals surface area (Å²) in [4.78, 5) is 28.8. The molecular weight excluding hydrogens is 424 g/mol. The molecule has 0 aromatic heterocycles. The Kier molecular flexibility index (Phi) is 9.00. The highest BCUT2D eigenvalue weighted by Gasteiger charge is 2.20. The van der Waals surface area contributed by atoms with Crippen molar-refractivity contribution in [3.8, 4) is 6.07 Å². The molecule has 2 amide bonds. The van der Waals surface area contributed by atoms with E-state index in [9.17, 15) is 14.9 Å². The summed E-state index contributed by atoms with van der Waals surface area (Å²) in [6.45, 7) is 10.6. The number of rotatable bonds is 9. The van der Waals surface area contributed by atoms with Crippen molar-refractivity contribution < 1.29 is 9.59 Å². The van der Waals surface area contributed by atoms with Gasteiger partial charge in [0.15, 0.2) is 0 Å². The molecule has 1 aliphatic rings. The van der Waals surface area contributed by atoms with Crippen molar-refractivity contribution in [1.82, 2.24) is 15.1 Å². The molecule has 1 heterocycles. The van der Waals surface area contributed by atoms with E-state index in [0.717, 1.165) is 29.7 Å². The van der Waals surface area contributed by atoms with Crippen LogP contribution in [0.15, 0.2) is 48.0 Å². The van der Waals surface area contributed by atoms with Crippen LogP contribution in [0.4, 0.5) is 0 Å². The van der Waals surface area contributed by atoms with Crippen molar-refractivity contribution >= 4 is 17.9 Å². The van der Waals surface area contributed by atoms with Gasteiger partial charge in [0.2, 0.25) is 5.91 Å². The smallest absolute Gasteiger partial charge is 0.264 e. The van der Waals surface area contributed by atoms with E-state index in [0.29, 0.717) is 32.6 Å². The molecule has 0 fully saturated rings. The zero-order valence-electron chi connectivity index (χ0n) is 20.3. The van der Waals surface area contributed by atoms with Crippen molar-refractivity contribution in [2.75, 3.05) is 26.2 Å². The molecule has 34 heavy (non-hydrogen) atoms. The Balaban J connectivity index is 1.58. The number of nitrogens with zero attached hydrogens (tertiary/aromatic N) is 3. The summed E-state index contributed by atoms with van der Waals surface area (Å²) in [5.74, 6) is -0.270. The minimum Gasteiger partial charge on any atom is -0.350 e. The van der Waals surface area contributed by atoms with Crippen LogP contribution in [0.5, 0.6) is 0 Å². The van der Waals surface area contributed by atoms with Gasteiger partial charge >= 0.3 is 0 Å². The van der Waals surface area contributed by atoms with Crippen LogP contribution >= 0.6 is 0 Å². The first-order chi connectivity index (χ1) is 16.4. The zero-order chi connectivity index (χ0) is 24.5. The summed E-state index contributed by atoms with van der Waals surface area (Å²) in [6, 6.07) is 16.4. The Morgan fingerprint density at radius 1 is 1.12 bits per heavy atom. The molecule has 0 atom stereocenters. The van der Waals surface area contributed by atoms with Gasteiger partial charge in [-0.2, -0.15) is 5.26 Å². The molecule has 0 bridgehead atoms. The molecule has 2 aromatic carbocycles. The normalized spacial score (nSPS) is 13.6. The lowest BCUT2D eigenvalue weighted by Crippen LogP contribution is -2.39. The van der Waals surface area contributed by atoms with E-state index in [1.807, 2.05) is 32.5 Å². The maximum absolute atomic E-state index is 12.6. The Hall–Kier alpha value is -3.43. The number of benzene rings is 2. The largest absolute Gasteiger partial charge is 0.350 e. The van der Waals surface area contributed by atoms with E-state index in [4.69, 9.17) is 0 Å². The van der Waals surface area contributed by atoms with Crippen LogP contribution in [0, 0.1) is 24.8 Å². The van der Waals surface area contributed by atoms with E-state index in [2.05, 4.69) is 53.5 Å². The lowest BCUT2D eigenvalue weighted by molar-refractivity contribution is -0.126. The highest BCUT2D eigenvalue weighted by Crippen LogP contribution is 2.22. The summed E-state index contributed by atoms with van der Waals surface area (Å²) in [5.41, 5.74) is 5.72. The van der Waals surface area contributed by atoms with Gasteiger partial charge in [-0.3, -0.25) is 14.5 Å². The number of nitrogens with one attached hydrogen (secondary N) is 1. The SMILES string of the molecule is CCN(CC)C(=O)C(C#N)=Cc1ccc2c(c1)CN(CC(=O)N[CH]Cc1ccc(C)cc1)CC2. The number of likely N-dealkylation sites (N-methyl/N-ethyl adjacent to an activating group) is 1. The first-order valence-electron chi connectivity index (χ1n) is 11.8. The molecule has 6 nitrogen and oxygen atoms in total.